The molecule has 1 aliphatic heterocycles. The normalized spacial score (nSPS) is 20.6. The van der Waals surface area contributed by atoms with E-state index < -0.39 is 51.4 Å². The highest BCUT2D eigenvalue weighted by atomic mass is 19.4. The Kier molecular flexibility index (Phi) is 3.78. The van der Waals surface area contributed by atoms with Gasteiger partial charge in [-0.1, -0.05) is 0 Å². The summed E-state index contributed by atoms with van der Waals surface area (Å²) in [7, 11) is 0. The maximum Gasteiger partial charge on any atom is 0.420 e. The molecule has 0 bridgehead atoms. The first-order chi connectivity index (χ1) is 12.6. The largest absolute Gasteiger partial charge is 0.420 e. The van der Waals surface area contributed by atoms with Crippen LogP contribution in [0.2, 0.25) is 0 Å². The molecule has 4 N–H and O–H groups in total. The van der Waals surface area contributed by atoms with E-state index in [0.717, 1.165) is 10.6 Å². The van der Waals surface area contributed by atoms with E-state index >= 15 is 0 Å². The van der Waals surface area contributed by atoms with Crippen molar-refractivity contribution in [2.75, 3.05) is 23.8 Å². The Morgan fingerprint density at radius 1 is 1.15 bits per heavy atom. The topological polar surface area (TPSA) is 99.3 Å². The lowest BCUT2D eigenvalue weighted by molar-refractivity contribution is -0.136. The maximum atomic E-state index is 14.8. The molecule has 2 fully saturated rings. The maximum absolute atomic E-state index is 14.8. The van der Waals surface area contributed by atoms with Crippen LogP contribution in [0, 0.1) is 5.82 Å². The molecule has 2 heterocycles. The first kappa shape index (κ1) is 17.8. The molecule has 1 saturated heterocycles. The molecule has 1 aromatic carbocycles. The highest BCUT2D eigenvalue weighted by Crippen LogP contribution is 2.45. The van der Waals surface area contributed by atoms with E-state index in [0.29, 0.717) is 19.3 Å². The zero-order valence-corrected chi connectivity index (χ0v) is 14.1. The lowest BCUT2D eigenvalue weighted by Gasteiger charge is -2.26. The van der Waals surface area contributed by atoms with Crippen LogP contribution in [0.15, 0.2) is 15.7 Å². The smallest absolute Gasteiger partial charge is 0.367 e. The number of halogens is 4. The van der Waals surface area contributed by atoms with E-state index in [-0.39, 0.29) is 23.8 Å². The molecule has 146 valence electrons. The van der Waals surface area contributed by atoms with Gasteiger partial charge in [-0.15, -0.1) is 0 Å². The molecular formula is C16H17F4N5O2. The first-order valence-corrected chi connectivity index (χ1v) is 8.47. The van der Waals surface area contributed by atoms with Crippen molar-refractivity contribution >= 4 is 16.6 Å². The average molecular weight is 387 g/mol. The summed E-state index contributed by atoms with van der Waals surface area (Å²) in [4.78, 5) is 26.0. The molecule has 1 aliphatic carbocycles. The minimum absolute atomic E-state index is 0.0487. The number of nitrogens with two attached hydrogens (primary N) is 2. The van der Waals surface area contributed by atoms with Gasteiger partial charge in [-0.25, -0.2) is 9.18 Å². The van der Waals surface area contributed by atoms with Crippen molar-refractivity contribution in [1.29, 1.82) is 0 Å². The van der Waals surface area contributed by atoms with E-state index in [4.69, 9.17) is 11.6 Å². The van der Waals surface area contributed by atoms with Crippen LogP contribution in [0.25, 0.3) is 10.9 Å². The standard InChI is InChI=1S/C16H17F4N5O2/c17-10-5-9-12(24(8-1-2-8)15(27)25(22)14(9)26)11(16(18,19)20)13(10)23-4-3-7(21)6-23/h5,7-8H,1-4,6,21-22H2/t7-/m0/s1. The van der Waals surface area contributed by atoms with Crippen LogP contribution in [0.5, 0.6) is 0 Å². The average Bonchev–Trinajstić information content (AvgIpc) is 3.32. The summed E-state index contributed by atoms with van der Waals surface area (Å²) in [6.45, 7) is 0.196. The molecule has 27 heavy (non-hydrogen) atoms. The van der Waals surface area contributed by atoms with Crippen LogP contribution < -0.4 is 27.7 Å². The quantitative estimate of drug-likeness (QED) is 0.590. The van der Waals surface area contributed by atoms with Gasteiger partial charge in [-0.3, -0.25) is 9.36 Å². The fourth-order valence-electron chi connectivity index (χ4n) is 3.71. The van der Waals surface area contributed by atoms with Gasteiger partial charge in [0, 0.05) is 25.2 Å². The van der Waals surface area contributed by atoms with E-state index in [2.05, 4.69) is 0 Å². The fraction of sp³-hybridized carbons (Fsp3) is 0.500. The van der Waals surface area contributed by atoms with Crippen molar-refractivity contribution < 1.29 is 17.6 Å². The van der Waals surface area contributed by atoms with Crippen LogP contribution in [0.1, 0.15) is 30.9 Å². The molecule has 1 atom stereocenters. The van der Waals surface area contributed by atoms with Gasteiger partial charge in [-0.2, -0.15) is 17.8 Å². The van der Waals surface area contributed by atoms with Gasteiger partial charge in [0.15, 0.2) is 0 Å². The lowest BCUT2D eigenvalue weighted by Crippen LogP contribution is -2.45. The van der Waals surface area contributed by atoms with Gasteiger partial charge < -0.3 is 16.5 Å². The second kappa shape index (κ2) is 5.72. The third kappa shape index (κ3) is 2.68. The molecule has 0 radical (unpaired) electrons. The number of hydrogen-bond acceptors (Lipinski definition) is 5. The van der Waals surface area contributed by atoms with Crippen molar-refractivity contribution in [3.05, 3.63) is 38.3 Å². The number of fused-ring (bicyclic) bond motifs is 1. The van der Waals surface area contributed by atoms with Crippen LogP contribution in [0.4, 0.5) is 23.2 Å². The Morgan fingerprint density at radius 3 is 2.33 bits per heavy atom. The minimum Gasteiger partial charge on any atom is -0.367 e. The van der Waals surface area contributed by atoms with Gasteiger partial charge >= 0.3 is 11.9 Å². The molecule has 1 aromatic heterocycles. The zero-order valence-electron chi connectivity index (χ0n) is 14.1. The zero-order chi connectivity index (χ0) is 19.7. The number of alkyl halides is 3. The summed E-state index contributed by atoms with van der Waals surface area (Å²) >= 11 is 0. The molecular weight excluding hydrogens is 370 g/mol. The van der Waals surface area contributed by atoms with Crippen LogP contribution in [-0.4, -0.2) is 28.4 Å². The van der Waals surface area contributed by atoms with Gasteiger partial charge in [0.05, 0.1) is 16.6 Å². The van der Waals surface area contributed by atoms with Crippen molar-refractivity contribution in [2.24, 2.45) is 5.73 Å². The number of rotatable bonds is 2. The highest BCUT2D eigenvalue weighted by Gasteiger charge is 2.43. The van der Waals surface area contributed by atoms with Crippen molar-refractivity contribution in [3.63, 3.8) is 0 Å². The SMILES string of the molecule is N[C@H]1CCN(c2c(F)cc3c(=O)n(N)c(=O)n(C4CC4)c3c2C(F)(F)F)C1. The van der Waals surface area contributed by atoms with Crippen molar-refractivity contribution in [2.45, 2.75) is 37.5 Å². The summed E-state index contributed by atoms with van der Waals surface area (Å²) in [5.74, 6) is 4.25. The third-order valence-electron chi connectivity index (χ3n) is 5.06. The molecule has 2 aliphatic rings. The molecule has 11 heteroatoms. The number of nitrogen functional groups attached to an aromatic ring is 1. The van der Waals surface area contributed by atoms with E-state index in [1.54, 1.807) is 0 Å². The minimum atomic E-state index is -4.99. The van der Waals surface area contributed by atoms with Gasteiger partial charge in [0.1, 0.15) is 11.4 Å². The molecule has 2 aromatic rings. The number of aromatic nitrogens is 2. The second-order valence-electron chi connectivity index (χ2n) is 7.03. The molecule has 0 amide bonds. The summed E-state index contributed by atoms with van der Waals surface area (Å²) < 4.78 is 58.1. The Hall–Kier alpha value is -2.56. The van der Waals surface area contributed by atoms with Crippen LogP contribution in [0.3, 0.4) is 0 Å². The summed E-state index contributed by atoms with van der Waals surface area (Å²) in [6, 6.07) is -0.159. The monoisotopic (exact) mass is 387 g/mol. The van der Waals surface area contributed by atoms with Gasteiger partial charge in [-0.05, 0) is 25.3 Å². The first-order valence-electron chi connectivity index (χ1n) is 8.47. The van der Waals surface area contributed by atoms with E-state index in [1.807, 2.05) is 0 Å². The Bertz CT molecular complexity index is 1050. The van der Waals surface area contributed by atoms with Gasteiger partial charge in [0.2, 0.25) is 0 Å². The van der Waals surface area contributed by atoms with Crippen molar-refractivity contribution in [1.82, 2.24) is 9.24 Å². The molecule has 7 nitrogen and oxygen atoms in total. The number of hydrogen-bond donors (Lipinski definition) is 2. The van der Waals surface area contributed by atoms with Crippen LogP contribution >= 0.6 is 0 Å². The second-order valence-corrected chi connectivity index (χ2v) is 7.03. The number of nitrogens with zero attached hydrogens (tertiary/aromatic N) is 3. The molecule has 4 rings (SSSR count). The summed E-state index contributed by atoms with van der Waals surface area (Å²) in [5.41, 5.74) is 0.946. The Morgan fingerprint density at radius 2 is 1.81 bits per heavy atom. The summed E-state index contributed by atoms with van der Waals surface area (Å²) in [6.07, 6.45) is -3.62. The Balaban J connectivity index is 2.19. The van der Waals surface area contributed by atoms with E-state index in [9.17, 15) is 27.2 Å². The highest BCUT2D eigenvalue weighted by molar-refractivity contribution is 5.88. The predicted octanol–water partition coefficient (Wildman–Crippen LogP) is 0.907. The molecule has 0 spiro atoms. The number of anilines is 1. The van der Waals surface area contributed by atoms with E-state index in [1.165, 1.54) is 4.90 Å². The fourth-order valence-corrected chi connectivity index (χ4v) is 3.71. The van der Waals surface area contributed by atoms with Gasteiger partial charge in [0.25, 0.3) is 5.56 Å². The van der Waals surface area contributed by atoms with Crippen LogP contribution in [-0.2, 0) is 6.18 Å². The molecule has 1 saturated carbocycles. The Labute approximate surface area is 149 Å². The molecule has 0 unspecified atom stereocenters. The lowest BCUT2D eigenvalue weighted by atomic mass is 10.1. The van der Waals surface area contributed by atoms with Crippen molar-refractivity contribution in [3.8, 4) is 0 Å². The number of benzene rings is 1. The predicted molar refractivity (Wildman–Crippen MR) is 90.7 cm³/mol. The third-order valence-corrected chi connectivity index (χ3v) is 5.06. The summed E-state index contributed by atoms with van der Waals surface area (Å²) in [5, 5.41) is -0.568.